The highest BCUT2D eigenvalue weighted by molar-refractivity contribution is 5.74. The van der Waals surface area contributed by atoms with E-state index in [4.69, 9.17) is 0 Å². The third kappa shape index (κ3) is 1.57. The first-order valence-corrected chi connectivity index (χ1v) is 5.87. The van der Waals surface area contributed by atoms with E-state index in [-0.39, 0.29) is 0 Å². The normalized spacial score (nSPS) is 10.4. The summed E-state index contributed by atoms with van der Waals surface area (Å²) in [5.74, 6) is 0. The molecule has 0 atom stereocenters. The lowest BCUT2D eigenvalue weighted by molar-refractivity contribution is 1.20. The van der Waals surface area contributed by atoms with Gasteiger partial charge in [0.2, 0.25) is 0 Å². The number of aryl methyl sites for hydroxylation is 1. The van der Waals surface area contributed by atoms with Crippen LogP contribution in [0.1, 0.15) is 11.1 Å². The molecule has 2 heterocycles. The summed E-state index contributed by atoms with van der Waals surface area (Å²) < 4.78 is 2.06. The lowest BCUT2D eigenvalue weighted by Crippen LogP contribution is -1.87. The third-order valence-electron chi connectivity index (χ3n) is 3.11. The van der Waals surface area contributed by atoms with Crippen LogP contribution in [0, 0.1) is 18.3 Å². The van der Waals surface area contributed by atoms with E-state index < -0.39 is 0 Å². The van der Waals surface area contributed by atoms with Gasteiger partial charge >= 0.3 is 0 Å². The monoisotopic (exact) mass is 232 g/mol. The molecule has 2 nitrogen and oxygen atoms in total. The van der Waals surface area contributed by atoms with Crippen molar-refractivity contribution >= 4 is 5.52 Å². The van der Waals surface area contributed by atoms with Crippen LogP contribution in [-0.2, 0) is 0 Å². The smallest absolute Gasteiger partial charge is 0.101 e. The molecule has 0 aliphatic carbocycles. The molecule has 3 aromatic rings. The van der Waals surface area contributed by atoms with Crippen LogP contribution < -0.4 is 0 Å². The van der Waals surface area contributed by atoms with Gasteiger partial charge in [-0.3, -0.25) is 0 Å². The van der Waals surface area contributed by atoms with Gasteiger partial charge in [-0.05, 0) is 36.8 Å². The van der Waals surface area contributed by atoms with E-state index in [1.807, 2.05) is 36.5 Å². The fraction of sp³-hybridized carbons (Fsp3) is 0.0625. The molecule has 1 aromatic carbocycles. The Morgan fingerprint density at radius 2 is 1.94 bits per heavy atom. The fourth-order valence-electron chi connectivity index (χ4n) is 2.27. The molecule has 2 aromatic heterocycles. The third-order valence-corrected chi connectivity index (χ3v) is 3.11. The van der Waals surface area contributed by atoms with Gasteiger partial charge in [0.1, 0.15) is 6.07 Å². The lowest BCUT2D eigenvalue weighted by Gasteiger charge is -2.03. The fourth-order valence-corrected chi connectivity index (χ4v) is 2.27. The molecule has 0 spiro atoms. The Hall–Kier alpha value is -2.53. The molecule has 0 aliphatic heterocycles. The minimum absolute atomic E-state index is 0.715. The SMILES string of the molecule is Cc1cccc(-c2cc(C#N)c3ccccn23)c1. The number of nitriles is 1. The predicted molar refractivity (Wildman–Crippen MR) is 72.3 cm³/mol. The summed E-state index contributed by atoms with van der Waals surface area (Å²) in [6.07, 6.45) is 1.99. The van der Waals surface area contributed by atoms with Crippen molar-refractivity contribution in [1.82, 2.24) is 4.40 Å². The largest absolute Gasteiger partial charge is 0.315 e. The van der Waals surface area contributed by atoms with Crippen molar-refractivity contribution in [3.8, 4) is 17.3 Å². The summed E-state index contributed by atoms with van der Waals surface area (Å²) in [4.78, 5) is 0. The maximum absolute atomic E-state index is 9.19. The Labute approximate surface area is 106 Å². The van der Waals surface area contributed by atoms with Crippen molar-refractivity contribution in [3.63, 3.8) is 0 Å². The Balaban J connectivity index is 2.34. The summed E-state index contributed by atoms with van der Waals surface area (Å²) in [7, 11) is 0. The number of fused-ring (bicyclic) bond motifs is 1. The van der Waals surface area contributed by atoms with Crippen LogP contribution in [0.2, 0.25) is 0 Å². The van der Waals surface area contributed by atoms with Gasteiger partial charge in [-0.25, -0.2) is 0 Å². The molecule has 0 fully saturated rings. The second-order valence-corrected chi connectivity index (χ2v) is 4.38. The second-order valence-electron chi connectivity index (χ2n) is 4.38. The van der Waals surface area contributed by atoms with Gasteiger partial charge in [-0.15, -0.1) is 0 Å². The van der Waals surface area contributed by atoms with Gasteiger partial charge in [0.25, 0.3) is 0 Å². The quantitative estimate of drug-likeness (QED) is 0.627. The summed E-state index contributed by atoms with van der Waals surface area (Å²) in [5.41, 5.74) is 5.09. The van der Waals surface area contributed by atoms with E-state index in [2.05, 4.69) is 35.6 Å². The van der Waals surface area contributed by atoms with Crippen molar-refractivity contribution in [3.05, 3.63) is 65.9 Å². The van der Waals surface area contributed by atoms with Crippen molar-refractivity contribution in [1.29, 1.82) is 5.26 Å². The Morgan fingerprint density at radius 1 is 1.06 bits per heavy atom. The van der Waals surface area contributed by atoms with Gasteiger partial charge in [-0.1, -0.05) is 29.8 Å². The van der Waals surface area contributed by atoms with E-state index in [0.29, 0.717) is 5.56 Å². The highest BCUT2D eigenvalue weighted by Gasteiger charge is 2.09. The van der Waals surface area contributed by atoms with Gasteiger partial charge in [0, 0.05) is 6.20 Å². The van der Waals surface area contributed by atoms with E-state index >= 15 is 0 Å². The van der Waals surface area contributed by atoms with Crippen LogP contribution in [-0.4, -0.2) is 4.40 Å². The maximum Gasteiger partial charge on any atom is 0.101 e. The number of hydrogen-bond donors (Lipinski definition) is 0. The summed E-state index contributed by atoms with van der Waals surface area (Å²) in [5, 5.41) is 9.19. The Kier molecular flexibility index (Phi) is 2.39. The molecule has 2 heteroatoms. The summed E-state index contributed by atoms with van der Waals surface area (Å²) in [6.45, 7) is 2.07. The van der Waals surface area contributed by atoms with Crippen molar-refractivity contribution < 1.29 is 0 Å². The summed E-state index contributed by atoms with van der Waals surface area (Å²) >= 11 is 0. The van der Waals surface area contributed by atoms with Crippen LogP contribution in [0.3, 0.4) is 0 Å². The van der Waals surface area contributed by atoms with E-state index in [1.54, 1.807) is 0 Å². The summed E-state index contributed by atoms with van der Waals surface area (Å²) in [6, 6.07) is 18.4. The van der Waals surface area contributed by atoms with E-state index in [9.17, 15) is 5.26 Å². The van der Waals surface area contributed by atoms with Crippen LogP contribution in [0.25, 0.3) is 16.8 Å². The molecule has 0 N–H and O–H groups in total. The van der Waals surface area contributed by atoms with Crippen molar-refractivity contribution in [2.24, 2.45) is 0 Å². The van der Waals surface area contributed by atoms with Crippen LogP contribution in [0.15, 0.2) is 54.7 Å². The lowest BCUT2D eigenvalue weighted by atomic mass is 10.1. The molecule has 0 amide bonds. The average molecular weight is 232 g/mol. The topological polar surface area (TPSA) is 28.2 Å². The molecule has 0 aliphatic rings. The number of pyridine rings is 1. The van der Waals surface area contributed by atoms with Crippen LogP contribution >= 0.6 is 0 Å². The first-order valence-electron chi connectivity index (χ1n) is 5.87. The Morgan fingerprint density at radius 3 is 2.72 bits per heavy atom. The molecular formula is C16H12N2. The molecule has 0 saturated carbocycles. The number of benzene rings is 1. The number of hydrogen-bond acceptors (Lipinski definition) is 1. The Bertz CT molecular complexity index is 760. The molecule has 0 radical (unpaired) electrons. The number of rotatable bonds is 1. The zero-order chi connectivity index (χ0) is 12.5. The van der Waals surface area contributed by atoms with Gasteiger partial charge in [-0.2, -0.15) is 5.26 Å². The van der Waals surface area contributed by atoms with Crippen LogP contribution in [0.4, 0.5) is 0 Å². The first kappa shape index (κ1) is 10.6. The van der Waals surface area contributed by atoms with Crippen molar-refractivity contribution in [2.45, 2.75) is 6.92 Å². The minimum atomic E-state index is 0.715. The number of aromatic nitrogens is 1. The predicted octanol–water partition coefficient (Wildman–Crippen LogP) is 3.79. The average Bonchev–Trinajstić information content (AvgIpc) is 2.77. The molecule has 0 saturated heterocycles. The second kappa shape index (κ2) is 4.05. The highest BCUT2D eigenvalue weighted by Crippen LogP contribution is 2.26. The molecule has 0 unspecified atom stereocenters. The van der Waals surface area contributed by atoms with E-state index in [1.165, 1.54) is 5.56 Å². The van der Waals surface area contributed by atoms with Gasteiger partial charge in [0.05, 0.1) is 16.8 Å². The van der Waals surface area contributed by atoms with E-state index in [0.717, 1.165) is 16.8 Å². The molecule has 0 bridgehead atoms. The zero-order valence-corrected chi connectivity index (χ0v) is 10.1. The molecule has 3 rings (SSSR count). The zero-order valence-electron chi connectivity index (χ0n) is 10.1. The van der Waals surface area contributed by atoms with Gasteiger partial charge < -0.3 is 4.40 Å². The molecule has 18 heavy (non-hydrogen) atoms. The number of nitrogens with zero attached hydrogens (tertiary/aromatic N) is 2. The minimum Gasteiger partial charge on any atom is -0.315 e. The standard InChI is InChI=1S/C16H12N2/c1-12-5-4-6-13(9-12)16-10-14(11-17)15-7-2-3-8-18(15)16/h2-10H,1H3. The molecule has 86 valence electrons. The van der Waals surface area contributed by atoms with Gasteiger partial charge in [0.15, 0.2) is 0 Å². The first-order chi connectivity index (χ1) is 8.79. The van der Waals surface area contributed by atoms with Crippen LogP contribution in [0.5, 0.6) is 0 Å². The maximum atomic E-state index is 9.19. The highest BCUT2D eigenvalue weighted by atomic mass is 14.9. The van der Waals surface area contributed by atoms with Crippen molar-refractivity contribution in [2.75, 3.05) is 0 Å². The molecular weight excluding hydrogens is 220 g/mol.